The number of pyridine rings is 2. The molecule has 0 amide bonds. The van der Waals surface area contributed by atoms with Gasteiger partial charge in [0.1, 0.15) is 12.4 Å². The standard InChI is InChI=1S/C30H44N4O4S/c1-21-25(27(28(35)36)38-29(2,3)4)26(34-11-9-30(5,6)10-12-34)23(20-31-21)24-8-7-22(19-32-24)37-16-13-33-14-17-39-18-15-33/h7-8,19-20,27H,9-18H2,1-6H3,(H,35,36)/t27-/m0/s1. The first-order valence-electron chi connectivity index (χ1n) is 14.0. The summed E-state index contributed by atoms with van der Waals surface area (Å²) < 4.78 is 12.1. The molecular weight excluding hydrogens is 512 g/mol. The van der Waals surface area contributed by atoms with Crippen LogP contribution in [0.4, 0.5) is 5.69 Å². The first-order valence-corrected chi connectivity index (χ1v) is 15.1. The summed E-state index contributed by atoms with van der Waals surface area (Å²) in [6.45, 7) is 17.5. The highest BCUT2D eigenvalue weighted by molar-refractivity contribution is 7.99. The van der Waals surface area contributed by atoms with Crippen LogP contribution < -0.4 is 9.64 Å². The number of hydrogen-bond acceptors (Lipinski definition) is 8. The van der Waals surface area contributed by atoms with Crippen LogP contribution in [0.25, 0.3) is 11.3 Å². The van der Waals surface area contributed by atoms with Crippen LogP contribution in [0, 0.1) is 12.3 Å². The monoisotopic (exact) mass is 556 g/mol. The molecule has 0 aliphatic carbocycles. The van der Waals surface area contributed by atoms with Gasteiger partial charge in [-0.3, -0.25) is 14.9 Å². The van der Waals surface area contributed by atoms with E-state index < -0.39 is 17.7 Å². The maximum absolute atomic E-state index is 12.6. The van der Waals surface area contributed by atoms with E-state index in [0.29, 0.717) is 17.9 Å². The molecule has 1 atom stereocenters. The van der Waals surface area contributed by atoms with E-state index in [0.717, 1.165) is 68.3 Å². The molecule has 214 valence electrons. The van der Waals surface area contributed by atoms with Gasteiger partial charge in [-0.25, -0.2) is 4.79 Å². The van der Waals surface area contributed by atoms with Crippen molar-refractivity contribution in [2.45, 2.75) is 66.1 Å². The molecule has 2 aliphatic heterocycles. The van der Waals surface area contributed by atoms with E-state index in [1.54, 1.807) is 6.20 Å². The number of anilines is 1. The van der Waals surface area contributed by atoms with Gasteiger partial charge in [-0.2, -0.15) is 11.8 Å². The highest BCUT2D eigenvalue weighted by Crippen LogP contribution is 2.43. The number of rotatable bonds is 9. The summed E-state index contributed by atoms with van der Waals surface area (Å²) in [6.07, 6.45) is 4.46. The molecular formula is C30H44N4O4S. The van der Waals surface area contributed by atoms with Crippen molar-refractivity contribution >= 4 is 23.4 Å². The number of aromatic nitrogens is 2. The first kappa shape index (κ1) is 29.6. The number of carboxylic acids is 1. The number of aliphatic carboxylic acids is 1. The predicted octanol–water partition coefficient (Wildman–Crippen LogP) is 5.45. The topological polar surface area (TPSA) is 88.0 Å². The molecule has 9 heteroatoms. The van der Waals surface area contributed by atoms with Crippen molar-refractivity contribution < 1.29 is 19.4 Å². The van der Waals surface area contributed by atoms with E-state index in [1.165, 1.54) is 11.5 Å². The molecule has 4 heterocycles. The van der Waals surface area contributed by atoms with Crippen LogP contribution in [-0.4, -0.2) is 82.4 Å². The number of nitrogens with zero attached hydrogens (tertiary/aromatic N) is 4. The second kappa shape index (κ2) is 12.4. The summed E-state index contributed by atoms with van der Waals surface area (Å²) in [4.78, 5) is 26.7. The van der Waals surface area contributed by atoms with E-state index in [-0.39, 0.29) is 5.41 Å². The van der Waals surface area contributed by atoms with E-state index in [2.05, 4.69) is 28.6 Å². The molecule has 0 aromatic carbocycles. The van der Waals surface area contributed by atoms with E-state index in [9.17, 15) is 9.90 Å². The summed E-state index contributed by atoms with van der Waals surface area (Å²) in [7, 11) is 0. The zero-order valence-corrected chi connectivity index (χ0v) is 25.1. The maximum atomic E-state index is 12.6. The highest BCUT2D eigenvalue weighted by atomic mass is 32.2. The average molecular weight is 557 g/mol. The molecule has 8 nitrogen and oxygen atoms in total. The SMILES string of the molecule is Cc1ncc(-c2ccc(OCCN3CCSCC3)cn2)c(N2CCC(C)(C)CC2)c1[C@H](OC(C)(C)C)C(=O)O. The Kier molecular flexibility index (Phi) is 9.45. The van der Waals surface area contributed by atoms with Gasteiger partial charge < -0.3 is 19.5 Å². The average Bonchev–Trinajstić information content (AvgIpc) is 2.88. The third-order valence-corrected chi connectivity index (χ3v) is 8.41. The van der Waals surface area contributed by atoms with E-state index in [4.69, 9.17) is 14.5 Å². The zero-order valence-electron chi connectivity index (χ0n) is 24.3. The molecule has 2 aromatic heterocycles. The van der Waals surface area contributed by atoms with Gasteiger partial charge >= 0.3 is 5.97 Å². The molecule has 2 saturated heterocycles. The lowest BCUT2D eigenvalue weighted by atomic mass is 9.82. The Labute approximate surface area is 237 Å². The maximum Gasteiger partial charge on any atom is 0.337 e. The fourth-order valence-electron chi connectivity index (χ4n) is 5.11. The minimum absolute atomic E-state index is 0.247. The van der Waals surface area contributed by atoms with Gasteiger partial charge in [0, 0.05) is 67.2 Å². The molecule has 2 aromatic rings. The summed E-state index contributed by atoms with van der Waals surface area (Å²) >= 11 is 2.01. The smallest absolute Gasteiger partial charge is 0.337 e. The number of hydrogen-bond donors (Lipinski definition) is 1. The van der Waals surface area contributed by atoms with Gasteiger partial charge in [0.25, 0.3) is 0 Å². The molecule has 39 heavy (non-hydrogen) atoms. The van der Waals surface area contributed by atoms with Crippen LogP contribution in [0.15, 0.2) is 24.5 Å². The van der Waals surface area contributed by atoms with Crippen molar-refractivity contribution in [1.82, 2.24) is 14.9 Å². The van der Waals surface area contributed by atoms with Gasteiger partial charge in [-0.05, 0) is 58.1 Å². The number of aryl methyl sites for hydroxylation is 1. The van der Waals surface area contributed by atoms with Crippen LogP contribution in [0.3, 0.4) is 0 Å². The Bertz CT molecular complexity index is 1120. The minimum atomic E-state index is -1.14. The van der Waals surface area contributed by atoms with E-state index >= 15 is 0 Å². The van der Waals surface area contributed by atoms with Crippen LogP contribution >= 0.6 is 11.8 Å². The van der Waals surface area contributed by atoms with Gasteiger partial charge in [0.15, 0.2) is 6.10 Å². The Morgan fingerprint density at radius 3 is 2.38 bits per heavy atom. The van der Waals surface area contributed by atoms with Crippen molar-refractivity contribution in [3.05, 3.63) is 35.8 Å². The lowest BCUT2D eigenvalue weighted by molar-refractivity contribution is -0.160. The summed E-state index contributed by atoms with van der Waals surface area (Å²) in [6, 6.07) is 3.89. The predicted molar refractivity (Wildman–Crippen MR) is 158 cm³/mol. The van der Waals surface area contributed by atoms with Crippen molar-refractivity contribution in [2.24, 2.45) is 5.41 Å². The van der Waals surface area contributed by atoms with Crippen molar-refractivity contribution in [3.8, 4) is 17.0 Å². The molecule has 0 radical (unpaired) electrons. The molecule has 0 spiro atoms. The van der Waals surface area contributed by atoms with Crippen molar-refractivity contribution in [3.63, 3.8) is 0 Å². The fourth-order valence-corrected chi connectivity index (χ4v) is 6.09. The molecule has 1 N–H and O–H groups in total. The minimum Gasteiger partial charge on any atom is -0.491 e. The van der Waals surface area contributed by atoms with Gasteiger partial charge in [-0.15, -0.1) is 0 Å². The Balaban J connectivity index is 1.66. The van der Waals surface area contributed by atoms with Crippen LogP contribution in [0.2, 0.25) is 0 Å². The Hall–Kier alpha value is -2.36. The van der Waals surface area contributed by atoms with Crippen molar-refractivity contribution in [1.29, 1.82) is 0 Å². The molecule has 4 rings (SSSR count). The van der Waals surface area contributed by atoms with Crippen LogP contribution in [-0.2, 0) is 9.53 Å². The summed E-state index contributed by atoms with van der Waals surface area (Å²) in [5.74, 6) is 2.08. The van der Waals surface area contributed by atoms with E-state index in [1.807, 2.05) is 57.8 Å². The first-order chi connectivity index (χ1) is 18.4. The molecule has 0 bridgehead atoms. The van der Waals surface area contributed by atoms with Gasteiger partial charge in [-0.1, -0.05) is 13.8 Å². The van der Waals surface area contributed by atoms with Crippen LogP contribution in [0.1, 0.15) is 64.8 Å². The van der Waals surface area contributed by atoms with Crippen LogP contribution in [0.5, 0.6) is 5.75 Å². The normalized spacial score (nSPS) is 19.1. The third-order valence-electron chi connectivity index (χ3n) is 7.47. The molecule has 0 unspecified atom stereocenters. The largest absolute Gasteiger partial charge is 0.491 e. The lowest BCUT2D eigenvalue weighted by Gasteiger charge is -2.40. The fraction of sp³-hybridized carbons (Fsp3) is 0.633. The molecule has 2 aliphatic rings. The van der Waals surface area contributed by atoms with Crippen molar-refractivity contribution in [2.75, 3.05) is 55.7 Å². The Morgan fingerprint density at radius 2 is 1.79 bits per heavy atom. The highest BCUT2D eigenvalue weighted by Gasteiger charge is 2.36. The lowest BCUT2D eigenvalue weighted by Crippen LogP contribution is -2.39. The number of thioether (sulfide) groups is 1. The number of ether oxygens (including phenoxy) is 2. The summed E-state index contributed by atoms with van der Waals surface area (Å²) in [5, 5.41) is 10.3. The second-order valence-corrected chi connectivity index (χ2v) is 13.5. The zero-order chi connectivity index (χ0) is 28.2. The van der Waals surface area contributed by atoms with Gasteiger partial charge in [0.05, 0.1) is 23.2 Å². The number of carboxylic acid groups (broad SMARTS) is 1. The second-order valence-electron chi connectivity index (χ2n) is 12.3. The Morgan fingerprint density at radius 1 is 1.10 bits per heavy atom. The quantitative estimate of drug-likeness (QED) is 0.433. The molecule has 0 saturated carbocycles. The number of piperidine rings is 1. The third kappa shape index (κ3) is 7.86. The summed E-state index contributed by atoms with van der Waals surface area (Å²) in [5.41, 5.74) is 3.29. The number of carbonyl (C=O) groups is 1. The van der Waals surface area contributed by atoms with Gasteiger partial charge in [0.2, 0.25) is 0 Å². The molecule has 2 fully saturated rings.